The molecule has 0 atom stereocenters. The van der Waals surface area contributed by atoms with Crippen molar-refractivity contribution in [3.8, 4) is 0 Å². The van der Waals surface area contributed by atoms with E-state index in [0.717, 1.165) is 5.69 Å². The summed E-state index contributed by atoms with van der Waals surface area (Å²) in [6.45, 7) is 0.0548. The second-order valence-corrected chi connectivity index (χ2v) is 4.94. The van der Waals surface area contributed by atoms with E-state index >= 15 is 0 Å². The van der Waals surface area contributed by atoms with E-state index in [1.165, 1.54) is 18.3 Å². The first-order valence-corrected chi connectivity index (χ1v) is 6.98. The van der Waals surface area contributed by atoms with E-state index in [1.807, 2.05) is 0 Å². The Morgan fingerprint density at radius 3 is 2.43 bits per heavy atom. The van der Waals surface area contributed by atoms with Crippen LogP contribution in [0.25, 0.3) is 0 Å². The van der Waals surface area contributed by atoms with Crippen molar-refractivity contribution in [3.63, 3.8) is 0 Å². The molecule has 0 bridgehead atoms. The van der Waals surface area contributed by atoms with Crippen molar-refractivity contribution in [2.75, 3.05) is 11.9 Å². The van der Waals surface area contributed by atoms with Gasteiger partial charge in [-0.15, -0.1) is 0 Å². The summed E-state index contributed by atoms with van der Waals surface area (Å²) < 4.78 is 0. The first-order valence-electron chi connectivity index (χ1n) is 6.60. The number of nitrogens with one attached hydrogen (secondary N) is 2. The van der Waals surface area contributed by atoms with Crippen LogP contribution in [0.4, 0.5) is 11.4 Å². The van der Waals surface area contributed by atoms with E-state index < -0.39 is 4.92 Å². The molecule has 0 fully saturated rings. The molecule has 0 saturated carbocycles. The topological polar surface area (TPSA) is 96.6 Å². The van der Waals surface area contributed by atoms with Crippen LogP contribution in [0, 0.1) is 10.1 Å². The number of hydrazone groups is 1. The first-order chi connectivity index (χ1) is 11.0. The van der Waals surface area contributed by atoms with Gasteiger partial charge in [-0.2, -0.15) is 5.10 Å². The van der Waals surface area contributed by atoms with Crippen molar-refractivity contribution in [1.82, 2.24) is 5.43 Å². The standard InChI is InChI=1S/C15H13ClN4O3/c16-12-3-5-13(6-4-12)17-10-15(21)19-18-9-11-1-7-14(8-2-11)20(22)23/h1-9,17H,10H2,(H,19,21)/b18-9+. The highest BCUT2D eigenvalue weighted by Gasteiger charge is 2.03. The van der Waals surface area contributed by atoms with Crippen molar-refractivity contribution in [1.29, 1.82) is 0 Å². The smallest absolute Gasteiger partial charge is 0.269 e. The molecule has 7 nitrogen and oxygen atoms in total. The maximum atomic E-state index is 11.6. The second kappa shape index (κ2) is 7.90. The monoisotopic (exact) mass is 332 g/mol. The first kappa shape index (κ1) is 16.4. The Morgan fingerprint density at radius 1 is 1.17 bits per heavy atom. The van der Waals surface area contributed by atoms with Gasteiger partial charge >= 0.3 is 0 Å². The molecule has 2 N–H and O–H groups in total. The molecule has 1 amide bonds. The lowest BCUT2D eigenvalue weighted by atomic mass is 10.2. The molecule has 118 valence electrons. The van der Waals surface area contributed by atoms with E-state index in [4.69, 9.17) is 11.6 Å². The number of hydrogen-bond acceptors (Lipinski definition) is 5. The number of benzene rings is 2. The Balaban J connectivity index is 1.79. The van der Waals surface area contributed by atoms with Gasteiger partial charge in [0.15, 0.2) is 0 Å². The third-order valence-corrected chi connectivity index (χ3v) is 3.06. The number of halogens is 1. The number of non-ortho nitro benzene ring substituents is 1. The summed E-state index contributed by atoms with van der Waals surface area (Å²) in [6, 6.07) is 12.8. The number of rotatable bonds is 6. The lowest BCUT2D eigenvalue weighted by Gasteiger charge is -2.04. The molecule has 0 aliphatic heterocycles. The van der Waals surface area contributed by atoms with Crippen LogP contribution < -0.4 is 10.7 Å². The van der Waals surface area contributed by atoms with Crippen molar-refractivity contribution >= 4 is 35.1 Å². The van der Waals surface area contributed by atoms with Crippen LogP contribution in [0.3, 0.4) is 0 Å². The number of nitro benzene ring substituents is 1. The fraction of sp³-hybridized carbons (Fsp3) is 0.0667. The summed E-state index contributed by atoms with van der Waals surface area (Å²) in [5, 5.41) is 17.8. The summed E-state index contributed by atoms with van der Waals surface area (Å²) in [5.74, 6) is -0.321. The Kier molecular flexibility index (Phi) is 5.65. The Bertz CT molecular complexity index is 715. The number of carbonyl (C=O) groups excluding carboxylic acids is 1. The Morgan fingerprint density at radius 2 is 1.83 bits per heavy atom. The SMILES string of the molecule is O=C(CNc1ccc(Cl)cc1)N/N=C/c1ccc([N+](=O)[O-])cc1. The summed E-state index contributed by atoms with van der Waals surface area (Å²) >= 11 is 5.76. The minimum atomic E-state index is -0.481. The van der Waals surface area contributed by atoms with Crippen LogP contribution in [0.15, 0.2) is 53.6 Å². The zero-order valence-electron chi connectivity index (χ0n) is 11.9. The number of nitro groups is 1. The molecule has 0 spiro atoms. The third-order valence-electron chi connectivity index (χ3n) is 2.80. The van der Waals surface area contributed by atoms with Gasteiger partial charge in [0.05, 0.1) is 17.7 Å². The van der Waals surface area contributed by atoms with Crippen molar-refractivity contribution in [3.05, 3.63) is 69.2 Å². The van der Waals surface area contributed by atoms with Crippen LogP contribution in [0.5, 0.6) is 0 Å². The summed E-state index contributed by atoms with van der Waals surface area (Å²) in [6.07, 6.45) is 1.41. The predicted octanol–water partition coefficient (Wildman–Crippen LogP) is 2.81. The average molecular weight is 333 g/mol. The van der Waals surface area contributed by atoms with Gasteiger partial charge in [-0.25, -0.2) is 5.43 Å². The van der Waals surface area contributed by atoms with E-state index in [1.54, 1.807) is 36.4 Å². The molecule has 0 saturated heterocycles. The molecular weight excluding hydrogens is 320 g/mol. The van der Waals surface area contributed by atoms with Crippen LogP contribution in [-0.2, 0) is 4.79 Å². The molecule has 0 aromatic heterocycles. The van der Waals surface area contributed by atoms with Gasteiger partial charge in [0, 0.05) is 22.8 Å². The molecule has 2 aromatic rings. The van der Waals surface area contributed by atoms with E-state index in [9.17, 15) is 14.9 Å². The minimum absolute atomic E-state index is 0.00153. The van der Waals surface area contributed by atoms with Gasteiger partial charge in [0.25, 0.3) is 11.6 Å². The van der Waals surface area contributed by atoms with Crippen LogP contribution in [0.1, 0.15) is 5.56 Å². The lowest BCUT2D eigenvalue weighted by Crippen LogP contribution is -2.25. The molecule has 23 heavy (non-hydrogen) atoms. The number of carbonyl (C=O) groups is 1. The molecule has 2 aromatic carbocycles. The number of nitrogens with zero attached hydrogens (tertiary/aromatic N) is 2. The van der Waals surface area contributed by atoms with E-state index in [0.29, 0.717) is 10.6 Å². The second-order valence-electron chi connectivity index (χ2n) is 4.50. The maximum Gasteiger partial charge on any atom is 0.269 e. The summed E-state index contributed by atoms with van der Waals surface area (Å²) in [5.41, 5.74) is 3.76. The van der Waals surface area contributed by atoms with Crippen molar-refractivity contribution < 1.29 is 9.72 Å². The zero-order chi connectivity index (χ0) is 16.7. The van der Waals surface area contributed by atoms with Gasteiger partial charge in [0.2, 0.25) is 0 Å². The normalized spacial score (nSPS) is 10.5. The maximum absolute atomic E-state index is 11.6. The molecule has 2 rings (SSSR count). The fourth-order valence-corrected chi connectivity index (χ4v) is 1.78. The van der Waals surface area contributed by atoms with Crippen LogP contribution in [-0.4, -0.2) is 23.6 Å². The molecule has 0 aliphatic rings. The van der Waals surface area contributed by atoms with Gasteiger partial charge < -0.3 is 5.32 Å². The highest BCUT2D eigenvalue weighted by atomic mass is 35.5. The number of anilines is 1. The summed E-state index contributed by atoms with van der Waals surface area (Å²) in [4.78, 5) is 21.7. The lowest BCUT2D eigenvalue weighted by molar-refractivity contribution is -0.384. The molecule has 0 radical (unpaired) electrons. The minimum Gasteiger partial charge on any atom is -0.376 e. The Labute approximate surface area is 137 Å². The van der Waals surface area contributed by atoms with Gasteiger partial charge in [-0.1, -0.05) is 11.6 Å². The highest BCUT2D eigenvalue weighted by molar-refractivity contribution is 6.30. The zero-order valence-corrected chi connectivity index (χ0v) is 12.7. The van der Waals surface area contributed by atoms with Crippen molar-refractivity contribution in [2.45, 2.75) is 0 Å². The van der Waals surface area contributed by atoms with E-state index in [-0.39, 0.29) is 18.1 Å². The fourth-order valence-electron chi connectivity index (χ4n) is 1.65. The average Bonchev–Trinajstić information content (AvgIpc) is 2.55. The van der Waals surface area contributed by atoms with Gasteiger partial charge in [-0.3, -0.25) is 14.9 Å². The van der Waals surface area contributed by atoms with Crippen LogP contribution in [0.2, 0.25) is 5.02 Å². The third kappa shape index (κ3) is 5.40. The van der Waals surface area contributed by atoms with E-state index in [2.05, 4.69) is 15.8 Å². The van der Waals surface area contributed by atoms with Crippen molar-refractivity contribution in [2.24, 2.45) is 5.10 Å². The highest BCUT2D eigenvalue weighted by Crippen LogP contribution is 2.13. The predicted molar refractivity (Wildman–Crippen MR) is 88.8 cm³/mol. The van der Waals surface area contributed by atoms with Gasteiger partial charge in [-0.05, 0) is 42.0 Å². The molecule has 8 heteroatoms. The Hall–Kier alpha value is -2.93. The number of hydrogen-bond donors (Lipinski definition) is 2. The quantitative estimate of drug-likeness (QED) is 0.483. The molecule has 0 unspecified atom stereocenters. The molecule has 0 aliphatic carbocycles. The largest absolute Gasteiger partial charge is 0.376 e. The number of amides is 1. The molecular formula is C15H13ClN4O3. The van der Waals surface area contributed by atoms with Gasteiger partial charge in [0.1, 0.15) is 0 Å². The van der Waals surface area contributed by atoms with Crippen LogP contribution >= 0.6 is 11.6 Å². The molecule has 0 heterocycles. The summed E-state index contributed by atoms with van der Waals surface area (Å²) in [7, 11) is 0.